The lowest BCUT2D eigenvalue weighted by Gasteiger charge is -2.42. The number of ether oxygens (including phenoxy) is 1. The fourth-order valence-corrected chi connectivity index (χ4v) is 10.6. The van der Waals surface area contributed by atoms with E-state index in [0.717, 1.165) is 28.2 Å². The molecule has 9 aromatic carbocycles. The van der Waals surface area contributed by atoms with Crippen LogP contribution in [0, 0.1) is 0 Å². The fraction of sp³-hybridized carbons (Fsp3) is 0.0370. The molecule has 1 unspecified atom stereocenters. The van der Waals surface area contributed by atoms with Gasteiger partial charge < -0.3 is 4.74 Å². The van der Waals surface area contributed by atoms with Gasteiger partial charge in [-0.05, 0) is 89.7 Å². The molecule has 12 rings (SSSR count). The van der Waals surface area contributed by atoms with Gasteiger partial charge in [-0.2, -0.15) is 0 Å². The van der Waals surface area contributed by atoms with E-state index in [2.05, 4.69) is 206 Å². The SMILES string of the molecule is c1ccc(C2(c3ccccc3)c3ccccc3Oc3cc(-c4cccc5c4C4(c6ccccc6-5)c5ccccc5-c5cccc6cccc4c56)ccc32)cc1. The summed E-state index contributed by atoms with van der Waals surface area (Å²) < 4.78 is 7.01. The molecule has 1 nitrogen and oxygen atoms in total. The Morgan fingerprint density at radius 1 is 0.309 bits per heavy atom. The van der Waals surface area contributed by atoms with Gasteiger partial charge in [-0.15, -0.1) is 0 Å². The quantitative estimate of drug-likeness (QED) is 0.178. The van der Waals surface area contributed by atoms with Crippen LogP contribution in [0.1, 0.15) is 44.5 Å². The fourth-order valence-electron chi connectivity index (χ4n) is 10.6. The lowest BCUT2D eigenvalue weighted by molar-refractivity contribution is 0.434. The minimum Gasteiger partial charge on any atom is -0.457 e. The number of benzene rings is 9. The predicted molar refractivity (Wildman–Crippen MR) is 224 cm³/mol. The van der Waals surface area contributed by atoms with Crippen molar-refractivity contribution in [3.05, 3.63) is 251 Å². The molecule has 1 heterocycles. The van der Waals surface area contributed by atoms with E-state index in [4.69, 9.17) is 4.74 Å². The highest BCUT2D eigenvalue weighted by atomic mass is 16.5. The molecule has 0 radical (unpaired) electrons. The average Bonchev–Trinajstić information content (AvgIpc) is 3.56. The molecule has 1 spiro atoms. The van der Waals surface area contributed by atoms with Gasteiger partial charge in [0.2, 0.25) is 0 Å². The van der Waals surface area contributed by atoms with Crippen molar-refractivity contribution in [2.75, 3.05) is 0 Å². The second-order valence-corrected chi connectivity index (χ2v) is 15.1. The summed E-state index contributed by atoms with van der Waals surface area (Å²) in [4.78, 5) is 0. The van der Waals surface area contributed by atoms with E-state index in [1.807, 2.05) is 0 Å². The Kier molecular flexibility index (Phi) is 6.25. The Morgan fingerprint density at radius 2 is 0.818 bits per heavy atom. The van der Waals surface area contributed by atoms with E-state index >= 15 is 0 Å². The van der Waals surface area contributed by atoms with Gasteiger partial charge in [-0.1, -0.05) is 194 Å². The van der Waals surface area contributed by atoms with Crippen molar-refractivity contribution in [2.45, 2.75) is 10.8 Å². The first-order valence-corrected chi connectivity index (χ1v) is 19.2. The van der Waals surface area contributed by atoms with Crippen molar-refractivity contribution in [2.24, 2.45) is 0 Å². The van der Waals surface area contributed by atoms with Crippen molar-refractivity contribution in [1.29, 1.82) is 0 Å². The third kappa shape index (κ3) is 3.87. The normalized spacial score (nSPS) is 16.4. The second kappa shape index (κ2) is 11.3. The molecule has 3 aliphatic rings. The highest BCUT2D eigenvalue weighted by Crippen LogP contribution is 2.64. The number of hydrogen-bond donors (Lipinski definition) is 0. The zero-order valence-corrected chi connectivity index (χ0v) is 30.0. The standard InChI is InChI=1S/C54H34O/c1-3-18-37(19-4-1)53(38-20-5-2-6-21-38)46-29-11-12-31-49(46)55-50-34-36(32-33-47(50)53)39-24-15-26-43-41-23-8-10-28-45(41)54(52(39)43)44-27-9-7-22-40(44)42-25-13-16-35-17-14-30-48(54)51(35)42/h1-34H. The molecule has 2 aliphatic carbocycles. The molecule has 1 atom stereocenters. The van der Waals surface area contributed by atoms with E-state index in [9.17, 15) is 0 Å². The lowest BCUT2D eigenvalue weighted by atomic mass is 9.60. The van der Waals surface area contributed by atoms with Gasteiger partial charge in [0.25, 0.3) is 0 Å². The second-order valence-electron chi connectivity index (χ2n) is 15.1. The van der Waals surface area contributed by atoms with E-state index in [0.29, 0.717) is 0 Å². The van der Waals surface area contributed by atoms with Crippen molar-refractivity contribution < 1.29 is 4.74 Å². The summed E-state index contributed by atoms with van der Waals surface area (Å²) in [6, 6.07) is 76.1. The molecular formula is C54H34O. The minimum absolute atomic E-state index is 0.520. The van der Waals surface area contributed by atoms with Crippen molar-refractivity contribution in [1.82, 2.24) is 0 Å². The maximum Gasteiger partial charge on any atom is 0.132 e. The van der Waals surface area contributed by atoms with E-state index in [-0.39, 0.29) is 0 Å². The van der Waals surface area contributed by atoms with Gasteiger partial charge >= 0.3 is 0 Å². The maximum atomic E-state index is 7.01. The summed E-state index contributed by atoms with van der Waals surface area (Å²) in [5.41, 5.74) is 16.5. The van der Waals surface area contributed by atoms with Crippen molar-refractivity contribution in [3.63, 3.8) is 0 Å². The zero-order chi connectivity index (χ0) is 36.1. The number of para-hydroxylation sites is 1. The Morgan fingerprint density at radius 3 is 1.55 bits per heavy atom. The third-order valence-electron chi connectivity index (χ3n) is 12.6. The summed E-state index contributed by atoms with van der Waals surface area (Å²) in [6.07, 6.45) is 0. The van der Waals surface area contributed by atoms with Crippen molar-refractivity contribution in [3.8, 4) is 44.9 Å². The molecule has 256 valence electrons. The molecule has 0 saturated heterocycles. The molecule has 0 fully saturated rings. The summed E-state index contributed by atoms with van der Waals surface area (Å²) in [5.74, 6) is 1.76. The molecule has 0 saturated carbocycles. The van der Waals surface area contributed by atoms with Crippen LogP contribution in [0.5, 0.6) is 11.5 Å². The Hall–Kier alpha value is -6.96. The van der Waals surface area contributed by atoms with Crippen LogP contribution in [0.25, 0.3) is 44.2 Å². The Bertz CT molecular complexity index is 2970. The van der Waals surface area contributed by atoms with E-state index in [1.165, 1.54) is 72.0 Å². The highest BCUT2D eigenvalue weighted by molar-refractivity contribution is 6.08. The van der Waals surface area contributed by atoms with Crippen LogP contribution in [0.4, 0.5) is 0 Å². The van der Waals surface area contributed by atoms with E-state index < -0.39 is 10.8 Å². The maximum absolute atomic E-state index is 7.01. The summed E-state index contributed by atoms with van der Waals surface area (Å²) in [5, 5.41) is 2.60. The average molecular weight is 699 g/mol. The summed E-state index contributed by atoms with van der Waals surface area (Å²) in [6.45, 7) is 0. The van der Waals surface area contributed by atoms with Crippen molar-refractivity contribution >= 4 is 10.8 Å². The number of rotatable bonds is 3. The van der Waals surface area contributed by atoms with E-state index in [1.54, 1.807) is 0 Å². The van der Waals surface area contributed by atoms with Gasteiger partial charge in [-0.25, -0.2) is 0 Å². The first-order valence-electron chi connectivity index (χ1n) is 19.2. The smallest absolute Gasteiger partial charge is 0.132 e. The topological polar surface area (TPSA) is 9.23 Å². The van der Waals surface area contributed by atoms with Gasteiger partial charge in [0.1, 0.15) is 11.5 Å². The zero-order valence-electron chi connectivity index (χ0n) is 30.0. The molecule has 55 heavy (non-hydrogen) atoms. The van der Waals surface area contributed by atoms with Gasteiger partial charge in [0, 0.05) is 11.1 Å². The largest absolute Gasteiger partial charge is 0.457 e. The van der Waals surface area contributed by atoms with Gasteiger partial charge in [-0.3, -0.25) is 0 Å². The predicted octanol–water partition coefficient (Wildman–Crippen LogP) is 13.3. The van der Waals surface area contributed by atoms with Crippen LogP contribution in [-0.4, -0.2) is 0 Å². The molecule has 0 aromatic heterocycles. The molecule has 0 N–H and O–H groups in total. The molecule has 1 aliphatic heterocycles. The third-order valence-corrected chi connectivity index (χ3v) is 12.6. The summed E-state index contributed by atoms with van der Waals surface area (Å²) in [7, 11) is 0. The number of hydrogen-bond acceptors (Lipinski definition) is 1. The highest BCUT2D eigenvalue weighted by Gasteiger charge is 2.51. The van der Waals surface area contributed by atoms with Crippen LogP contribution in [-0.2, 0) is 10.8 Å². The Labute approximate surface area is 320 Å². The van der Waals surface area contributed by atoms with Crippen LogP contribution >= 0.6 is 0 Å². The molecular weight excluding hydrogens is 665 g/mol. The number of fused-ring (bicyclic) bond motifs is 11. The molecule has 9 aromatic rings. The van der Waals surface area contributed by atoms with Crippen LogP contribution in [0.3, 0.4) is 0 Å². The summed E-state index contributed by atoms with van der Waals surface area (Å²) >= 11 is 0. The first-order chi connectivity index (χ1) is 27.3. The van der Waals surface area contributed by atoms with Gasteiger partial charge in [0.15, 0.2) is 0 Å². The van der Waals surface area contributed by atoms with Crippen LogP contribution in [0.15, 0.2) is 206 Å². The lowest BCUT2D eigenvalue weighted by Crippen LogP contribution is -2.34. The van der Waals surface area contributed by atoms with Crippen LogP contribution in [0.2, 0.25) is 0 Å². The molecule has 1 heteroatoms. The molecule has 0 bridgehead atoms. The Balaban J connectivity index is 1.17. The molecule has 0 amide bonds. The van der Waals surface area contributed by atoms with Gasteiger partial charge in [0.05, 0.1) is 10.8 Å². The van der Waals surface area contributed by atoms with Crippen LogP contribution < -0.4 is 4.74 Å². The monoisotopic (exact) mass is 698 g/mol. The first kappa shape index (κ1) is 30.5. The minimum atomic E-state index is -0.566.